The molecular weight excluding hydrogens is 545 g/mol. The smallest absolute Gasteiger partial charge is 0.423 e. The van der Waals surface area contributed by atoms with Crippen molar-refractivity contribution in [3.63, 3.8) is 0 Å². The molecule has 0 unspecified atom stereocenters. The van der Waals surface area contributed by atoms with Crippen LogP contribution in [0.2, 0.25) is 0 Å². The topological polar surface area (TPSA) is 95.8 Å². The highest BCUT2D eigenvalue weighted by molar-refractivity contribution is 7.80. The van der Waals surface area contributed by atoms with Gasteiger partial charge in [-0.05, 0) is 76.9 Å². The number of halogens is 3. The van der Waals surface area contributed by atoms with Crippen molar-refractivity contribution in [2.24, 2.45) is 0 Å². The van der Waals surface area contributed by atoms with Gasteiger partial charge in [-0.2, -0.15) is 18.2 Å². The number of hydrogen-bond donors (Lipinski definition) is 2. The van der Waals surface area contributed by atoms with Crippen LogP contribution >= 0.6 is 12.2 Å². The van der Waals surface area contributed by atoms with Crippen LogP contribution in [0.3, 0.4) is 0 Å². The number of anilines is 2. The molecule has 2 fully saturated rings. The van der Waals surface area contributed by atoms with Gasteiger partial charge in [0.25, 0.3) is 5.69 Å². The summed E-state index contributed by atoms with van der Waals surface area (Å²) in [6.07, 6.45) is -2.07. The third kappa shape index (κ3) is 7.86. The number of aromatic nitrogens is 1. The lowest BCUT2D eigenvalue weighted by Gasteiger charge is -2.38. The van der Waals surface area contributed by atoms with Crippen LogP contribution in [0.4, 0.5) is 30.4 Å². The van der Waals surface area contributed by atoms with Gasteiger partial charge in [0.05, 0.1) is 4.92 Å². The number of nitro groups is 1. The average molecular weight is 581 g/mol. The zero-order chi connectivity index (χ0) is 29.1. The van der Waals surface area contributed by atoms with Crippen molar-refractivity contribution in [3.8, 4) is 5.88 Å². The van der Waals surface area contributed by atoms with Crippen molar-refractivity contribution in [1.82, 2.24) is 15.2 Å². The average Bonchev–Trinajstić information content (AvgIpc) is 2.88. The minimum Gasteiger partial charge on any atom is -0.474 e. The maximum Gasteiger partial charge on any atom is 0.423 e. The molecule has 0 bridgehead atoms. The molecule has 4 rings (SSSR count). The van der Waals surface area contributed by atoms with Crippen LogP contribution in [0.15, 0.2) is 36.4 Å². The molecule has 40 heavy (non-hydrogen) atoms. The van der Waals surface area contributed by atoms with E-state index in [2.05, 4.69) is 41.2 Å². The highest BCUT2D eigenvalue weighted by Gasteiger charge is 2.38. The summed E-state index contributed by atoms with van der Waals surface area (Å²) in [7, 11) is 0. The molecule has 1 saturated carbocycles. The Morgan fingerprint density at radius 1 is 1.07 bits per heavy atom. The second-order valence-corrected chi connectivity index (χ2v) is 11.6. The lowest BCUT2D eigenvalue weighted by Crippen LogP contribution is -2.55. The molecule has 1 aromatic heterocycles. The molecule has 1 saturated heterocycles. The van der Waals surface area contributed by atoms with Crippen LogP contribution < -0.4 is 20.3 Å². The van der Waals surface area contributed by atoms with Crippen LogP contribution in [-0.2, 0) is 6.18 Å². The first-order valence-electron chi connectivity index (χ1n) is 13.4. The van der Waals surface area contributed by atoms with E-state index in [4.69, 9.17) is 21.9 Å². The number of pyridine rings is 1. The van der Waals surface area contributed by atoms with Gasteiger partial charge in [-0.15, -0.1) is 0 Å². The monoisotopic (exact) mass is 580 g/mol. The highest BCUT2D eigenvalue weighted by Crippen LogP contribution is 2.38. The maximum atomic E-state index is 13.3. The molecule has 1 aromatic carbocycles. The minimum atomic E-state index is -4.81. The number of nitro benzene ring substituents is 1. The van der Waals surface area contributed by atoms with Gasteiger partial charge in [0.2, 0.25) is 5.88 Å². The Kier molecular flexibility index (Phi) is 8.91. The Bertz CT molecular complexity index is 1210. The lowest BCUT2D eigenvalue weighted by molar-refractivity contribution is -0.388. The van der Waals surface area contributed by atoms with E-state index >= 15 is 0 Å². The number of nitrogens with zero attached hydrogens (tertiary/aromatic N) is 4. The molecule has 9 nitrogen and oxygen atoms in total. The van der Waals surface area contributed by atoms with E-state index in [9.17, 15) is 23.3 Å². The van der Waals surface area contributed by atoms with Crippen molar-refractivity contribution in [2.75, 3.05) is 36.4 Å². The Labute approximate surface area is 237 Å². The summed E-state index contributed by atoms with van der Waals surface area (Å²) in [6.45, 7) is 9.42. The van der Waals surface area contributed by atoms with Crippen molar-refractivity contribution < 1.29 is 22.8 Å². The predicted molar refractivity (Wildman–Crippen MR) is 152 cm³/mol. The molecular formula is C27H35F3N6O3S. The largest absolute Gasteiger partial charge is 0.474 e. The number of ether oxygens (including phenoxy) is 1. The fourth-order valence-corrected chi connectivity index (χ4v) is 5.42. The summed E-state index contributed by atoms with van der Waals surface area (Å²) in [6, 6.07) is 8.70. The molecule has 0 amide bonds. The number of rotatable bonds is 6. The SMILES string of the molecule is CC(C)(C)NC(=S)N1CCN(c2cccc(O[C@H]3CC[C@H](Nc4ccc([N+](=O)[O-])c(C(F)(F)F)c4)CC3)n2)CC1. The maximum absolute atomic E-state index is 13.3. The van der Waals surface area contributed by atoms with Crippen molar-refractivity contribution in [3.05, 3.63) is 52.1 Å². The van der Waals surface area contributed by atoms with E-state index in [1.165, 1.54) is 6.07 Å². The quantitative estimate of drug-likeness (QED) is 0.257. The van der Waals surface area contributed by atoms with E-state index in [0.29, 0.717) is 31.6 Å². The van der Waals surface area contributed by atoms with Gasteiger partial charge < -0.3 is 25.2 Å². The minimum absolute atomic E-state index is 0.0545. The van der Waals surface area contributed by atoms with Gasteiger partial charge in [-0.1, -0.05) is 6.07 Å². The van der Waals surface area contributed by atoms with Gasteiger partial charge in [0.1, 0.15) is 17.5 Å². The third-order valence-corrected chi connectivity index (χ3v) is 7.27. The van der Waals surface area contributed by atoms with Crippen LogP contribution in [0.1, 0.15) is 52.0 Å². The first-order valence-corrected chi connectivity index (χ1v) is 13.8. The van der Waals surface area contributed by atoms with Crippen LogP contribution in [0.25, 0.3) is 0 Å². The van der Waals surface area contributed by atoms with Crippen LogP contribution in [0, 0.1) is 10.1 Å². The molecule has 0 radical (unpaired) electrons. The number of alkyl halides is 3. The molecule has 1 aliphatic carbocycles. The standard InChI is InChI=1S/C27H35F3N6O3S/c1-26(2,3)33-25(40)35-15-13-34(14-16-35)23-5-4-6-24(32-23)39-20-10-7-18(8-11-20)31-19-9-12-22(36(37)38)21(17-19)27(28,29)30/h4-6,9,12,17-18,20,31H,7-8,10-11,13-16H2,1-3H3,(H,33,40)/t18-,20-. The van der Waals surface area contributed by atoms with E-state index in [-0.39, 0.29) is 23.4 Å². The Morgan fingerprint density at radius 2 is 1.75 bits per heavy atom. The molecule has 0 atom stereocenters. The van der Waals surface area contributed by atoms with Crippen molar-refractivity contribution in [1.29, 1.82) is 0 Å². The molecule has 13 heteroatoms. The lowest BCUT2D eigenvalue weighted by atomic mass is 9.92. The summed E-state index contributed by atoms with van der Waals surface area (Å²) < 4.78 is 46.1. The van der Waals surface area contributed by atoms with E-state index in [0.717, 1.165) is 49.2 Å². The van der Waals surface area contributed by atoms with Crippen molar-refractivity contribution in [2.45, 2.75) is 70.3 Å². The first-order chi connectivity index (χ1) is 18.8. The molecule has 2 aliphatic rings. The fourth-order valence-electron chi connectivity index (χ4n) is 4.93. The molecule has 2 aromatic rings. The van der Waals surface area contributed by atoms with E-state index < -0.39 is 22.4 Å². The fraction of sp³-hybridized carbons (Fsp3) is 0.556. The Hall–Kier alpha value is -3.35. The van der Waals surface area contributed by atoms with Gasteiger partial charge in [0, 0.05) is 55.6 Å². The van der Waals surface area contributed by atoms with Gasteiger partial charge in [-0.25, -0.2) is 0 Å². The number of benzene rings is 1. The summed E-state index contributed by atoms with van der Waals surface area (Å²) in [5, 5.41) is 18.2. The molecule has 2 N–H and O–H groups in total. The predicted octanol–water partition coefficient (Wildman–Crippen LogP) is 5.61. The Balaban J connectivity index is 1.28. The molecule has 2 heterocycles. The van der Waals surface area contributed by atoms with E-state index in [1.54, 1.807) is 0 Å². The van der Waals surface area contributed by atoms with E-state index in [1.807, 2.05) is 18.2 Å². The third-order valence-electron chi connectivity index (χ3n) is 6.91. The second kappa shape index (κ2) is 12.0. The highest BCUT2D eigenvalue weighted by atomic mass is 32.1. The molecule has 0 spiro atoms. The van der Waals surface area contributed by atoms with Gasteiger partial charge in [0.15, 0.2) is 5.11 Å². The van der Waals surface area contributed by atoms with Gasteiger partial charge in [-0.3, -0.25) is 10.1 Å². The number of nitrogens with one attached hydrogen (secondary N) is 2. The summed E-state index contributed by atoms with van der Waals surface area (Å²) in [5.41, 5.74) is -2.08. The zero-order valence-corrected chi connectivity index (χ0v) is 23.6. The number of hydrogen-bond acceptors (Lipinski definition) is 7. The van der Waals surface area contributed by atoms with Crippen LogP contribution in [0.5, 0.6) is 5.88 Å². The molecule has 218 valence electrons. The van der Waals surface area contributed by atoms with Gasteiger partial charge >= 0.3 is 6.18 Å². The summed E-state index contributed by atoms with van der Waals surface area (Å²) >= 11 is 5.56. The number of thiocarbonyl (C=S) groups is 1. The van der Waals surface area contributed by atoms with Crippen LogP contribution in [-0.4, -0.2) is 63.8 Å². The zero-order valence-electron chi connectivity index (χ0n) is 22.8. The van der Waals surface area contributed by atoms with Crippen molar-refractivity contribution >= 4 is 34.5 Å². The summed E-state index contributed by atoms with van der Waals surface area (Å²) in [4.78, 5) is 19.1. The second-order valence-electron chi connectivity index (χ2n) is 11.2. The summed E-state index contributed by atoms with van der Waals surface area (Å²) in [5.74, 6) is 1.40. The molecule has 1 aliphatic heterocycles. The number of piperazine rings is 1. The first kappa shape index (κ1) is 29.6. The Morgan fingerprint density at radius 3 is 2.35 bits per heavy atom. The normalized spacial score (nSPS) is 20.1.